The molecule has 1 aromatic carbocycles. The van der Waals surface area contributed by atoms with Crippen LogP contribution in [0.5, 0.6) is 0 Å². The molecule has 1 aromatic rings. The van der Waals surface area contributed by atoms with Crippen molar-refractivity contribution in [3.63, 3.8) is 0 Å². The highest BCUT2D eigenvalue weighted by atomic mass is 35.5. The summed E-state index contributed by atoms with van der Waals surface area (Å²) >= 11 is 5.99. The highest BCUT2D eigenvalue weighted by Crippen LogP contribution is 2.22. The Morgan fingerprint density at radius 3 is 2.89 bits per heavy atom. The molecule has 0 radical (unpaired) electrons. The summed E-state index contributed by atoms with van der Waals surface area (Å²) in [4.78, 5) is 13.8. The highest BCUT2D eigenvalue weighted by Gasteiger charge is 2.27. The highest BCUT2D eigenvalue weighted by molar-refractivity contribution is 6.33. The first-order valence-electron chi connectivity index (χ1n) is 6.06. The number of aliphatic hydroxyl groups is 1. The van der Waals surface area contributed by atoms with E-state index in [4.69, 9.17) is 11.6 Å². The molecule has 0 spiro atoms. The van der Waals surface area contributed by atoms with Crippen molar-refractivity contribution >= 4 is 23.3 Å². The zero-order chi connectivity index (χ0) is 13.1. The van der Waals surface area contributed by atoms with Crippen molar-refractivity contribution in [3.05, 3.63) is 29.3 Å². The van der Waals surface area contributed by atoms with Gasteiger partial charge in [0.25, 0.3) is 0 Å². The monoisotopic (exact) mass is 268 g/mol. The minimum atomic E-state index is -0.311. The number of halogens is 1. The Labute approximate surface area is 112 Å². The third kappa shape index (κ3) is 2.94. The molecule has 2 amide bonds. The molecule has 18 heavy (non-hydrogen) atoms. The van der Waals surface area contributed by atoms with Gasteiger partial charge in [0.1, 0.15) is 0 Å². The number of carbonyl (C=O) groups is 1. The number of urea groups is 1. The Morgan fingerprint density at radius 2 is 2.22 bits per heavy atom. The largest absolute Gasteiger partial charge is 0.393 e. The summed E-state index contributed by atoms with van der Waals surface area (Å²) in [6.45, 7) is 3.08. The van der Waals surface area contributed by atoms with Crippen LogP contribution in [-0.4, -0.2) is 35.2 Å². The van der Waals surface area contributed by atoms with Gasteiger partial charge < -0.3 is 15.3 Å². The summed E-state index contributed by atoms with van der Waals surface area (Å²) in [5.41, 5.74) is 0.614. The minimum Gasteiger partial charge on any atom is -0.393 e. The molecule has 98 valence electrons. The van der Waals surface area contributed by atoms with Crippen LogP contribution in [0.15, 0.2) is 24.3 Å². The minimum absolute atomic E-state index is 0.107. The summed E-state index contributed by atoms with van der Waals surface area (Å²) < 4.78 is 0. The number of hydrogen-bond donors (Lipinski definition) is 2. The van der Waals surface area contributed by atoms with Gasteiger partial charge in [-0.1, -0.05) is 30.7 Å². The number of hydrogen-bond acceptors (Lipinski definition) is 2. The molecule has 5 heteroatoms. The second-order valence-electron chi connectivity index (χ2n) is 4.69. The molecule has 1 aliphatic heterocycles. The van der Waals surface area contributed by atoms with Crippen molar-refractivity contribution in [2.24, 2.45) is 5.92 Å². The van der Waals surface area contributed by atoms with E-state index in [-0.39, 0.29) is 18.1 Å². The van der Waals surface area contributed by atoms with E-state index < -0.39 is 0 Å². The van der Waals surface area contributed by atoms with Crippen LogP contribution in [0.25, 0.3) is 0 Å². The molecule has 1 heterocycles. The zero-order valence-electron chi connectivity index (χ0n) is 10.3. The van der Waals surface area contributed by atoms with Crippen LogP contribution >= 0.6 is 11.6 Å². The van der Waals surface area contributed by atoms with Gasteiger partial charge in [0.15, 0.2) is 0 Å². The number of anilines is 1. The Balaban J connectivity index is 1.99. The zero-order valence-corrected chi connectivity index (χ0v) is 11.0. The van der Waals surface area contributed by atoms with Gasteiger partial charge in [-0.15, -0.1) is 0 Å². The predicted molar refractivity (Wildman–Crippen MR) is 71.8 cm³/mol. The molecule has 0 aliphatic carbocycles. The second-order valence-corrected chi connectivity index (χ2v) is 5.10. The van der Waals surface area contributed by atoms with Crippen LogP contribution in [0, 0.1) is 5.92 Å². The number of nitrogens with zero attached hydrogens (tertiary/aromatic N) is 1. The quantitative estimate of drug-likeness (QED) is 0.823. The molecule has 1 fully saturated rings. The van der Waals surface area contributed by atoms with Crippen molar-refractivity contribution in [2.45, 2.75) is 19.4 Å². The lowest BCUT2D eigenvalue weighted by Crippen LogP contribution is -2.46. The van der Waals surface area contributed by atoms with Crippen molar-refractivity contribution in [1.29, 1.82) is 0 Å². The molecule has 1 aliphatic rings. The third-order valence-electron chi connectivity index (χ3n) is 3.26. The van der Waals surface area contributed by atoms with Gasteiger partial charge in [0.05, 0.1) is 16.8 Å². The molecule has 2 N–H and O–H groups in total. The molecule has 1 saturated heterocycles. The van der Waals surface area contributed by atoms with E-state index >= 15 is 0 Å². The number of amides is 2. The molecule has 4 nitrogen and oxygen atoms in total. The van der Waals surface area contributed by atoms with Gasteiger partial charge in [-0.2, -0.15) is 0 Å². The van der Waals surface area contributed by atoms with Crippen molar-refractivity contribution in [2.75, 3.05) is 18.4 Å². The summed E-state index contributed by atoms with van der Waals surface area (Å²) in [6.07, 6.45) is 0.311. The number of para-hydroxylation sites is 1. The Morgan fingerprint density at radius 1 is 1.50 bits per heavy atom. The number of rotatable bonds is 1. The fraction of sp³-hybridized carbons (Fsp3) is 0.462. The Bertz CT molecular complexity index is 439. The van der Waals surface area contributed by atoms with Crippen LogP contribution in [0.3, 0.4) is 0 Å². The fourth-order valence-corrected chi connectivity index (χ4v) is 2.26. The first-order chi connectivity index (χ1) is 8.58. The molecule has 0 saturated carbocycles. The molecule has 2 atom stereocenters. The topological polar surface area (TPSA) is 52.6 Å². The lowest BCUT2D eigenvalue weighted by Gasteiger charge is -2.34. The average Bonchev–Trinajstić information content (AvgIpc) is 2.35. The Kier molecular flexibility index (Phi) is 4.09. The van der Waals surface area contributed by atoms with Gasteiger partial charge >= 0.3 is 6.03 Å². The molecule has 0 bridgehead atoms. The lowest BCUT2D eigenvalue weighted by atomic mass is 9.97. The molecule has 2 unspecified atom stereocenters. The van der Waals surface area contributed by atoms with E-state index in [2.05, 4.69) is 5.32 Å². The van der Waals surface area contributed by atoms with Crippen LogP contribution < -0.4 is 5.32 Å². The van der Waals surface area contributed by atoms with E-state index in [1.54, 1.807) is 17.0 Å². The SMILES string of the molecule is CC1CN(C(=O)Nc2ccccc2Cl)CCC1O. The van der Waals surface area contributed by atoms with Gasteiger partial charge in [-0.05, 0) is 24.5 Å². The second kappa shape index (κ2) is 5.59. The standard InChI is InChI=1S/C13H17ClN2O2/c1-9-8-16(7-6-12(9)17)13(18)15-11-5-3-2-4-10(11)14/h2-5,9,12,17H,6-8H2,1H3,(H,15,18). The maximum atomic E-state index is 12.0. The van der Waals surface area contributed by atoms with E-state index in [0.29, 0.717) is 30.2 Å². The fourth-order valence-electron chi connectivity index (χ4n) is 2.07. The maximum Gasteiger partial charge on any atom is 0.321 e. The van der Waals surface area contributed by atoms with E-state index in [1.165, 1.54) is 0 Å². The first kappa shape index (κ1) is 13.2. The van der Waals surface area contributed by atoms with Gasteiger partial charge in [0, 0.05) is 13.1 Å². The van der Waals surface area contributed by atoms with E-state index in [9.17, 15) is 9.90 Å². The van der Waals surface area contributed by atoms with Gasteiger partial charge in [-0.25, -0.2) is 4.79 Å². The number of aliphatic hydroxyl groups excluding tert-OH is 1. The first-order valence-corrected chi connectivity index (χ1v) is 6.44. The van der Waals surface area contributed by atoms with Crippen LogP contribution in [0.1, 0.15) is 13.3 Å². The van der Waals surface area contributed by atoms with Gasteiger partial charge in [-0.3, -0.25) is 0 Å². The van der Waals surface area contributed by atoms with Gasteiger partial charge in [0.2, 0.25) is 0 Å². The van der Waals surface area contributed by atoms with Crippen molar-refractivity contribution in [1.82, 2.24) is 4.90 Å². The van der Waals surface area contributed by atoms with Crippen molar-refractivity contribution < 1.29 is 9.90 Å². The van der Waals surface area contributed by atoms with Crippen molar-refractivity contribution in [3.8, 4) is 0 Å². The number of benzene rings is 1. The summed E-state index contributed by atoms with van der Waals surface area (Å²) in [7, 11) is 0. The van der Waals surface area contributed by atoms with E-state index in [0.717, 1.165) is 0 Å². The smallest absolute Gasteiger partial charge is 0.321 e. The van der Waals surface area contributed by atoms with Crippen LogP contribution in [0.4, 0.5) is 10.5 Å². The number of nitrogens with one attached hydrogen (secondary N) is 1. The molecular weight excluding hydrogens is 252 g/mol. The van der Waals surface area contributed by atoms with E-state index in [1.807, 2.05) is 19.1 Å². The number of likely N-dealkylation sites (tertiary alicyclic amines) is 1. The predicted octanol–water partition coefficient (Wildman–Crippen LogP) is 2.57. The Hall–Kier alpha value is -1.26. The molecular formula is C13H17ClN2O2. The maximum absolute atomic E-state index is 12.0. The summed E-state index contributed by atoms with van der Waals surface area (Å²) in [6, 6.07) is 6.98. The molecule has 2 rings (SSSR count). The normalized spacial score (nSPS) is 23.8. The summed E-state index contributed by atoms with van der Waals surface area (Å²) in [5.74, 6) is 0.107. The summed E-state index contributed by atoms with van der Waals surface area (Å²) in [5, 5.41) is 12.9. The molecule has 0 aromatic heterocycles. The number of carbonyl (C=O) groups excluding carboxylic acids is 1. The van der Waals surface area contributed by atoms with Crippen LogP contribution in [0.2, 0.25) is 5.02 Å². The lowest BCUT2D eigenvalue weighted by molar-refractivity contribution is 0.0506. The average molecular weight is 269 g/mol. The third-order valence-corrected chi connectivity index (χ3v) is 3.59. The van der Waals surface area contributed by atoms with Crippen LogP contribution in [-0.2, 0) is 0 Å². The number of piperidine rings is 1.